The fraction of sp³-hybridized carbons (Fsp3) is 0.812. The molecule has 3 heteroatoms. The van der Waals surface area contributed by atoms with Crippen LogP contribution >= 0.6 is 0 Å². The quantitative estimate of drug-likeness (QED) is 0.523. The summed E-state index contributed by atoms with van der Waals surface area (Å²) in [5.74, 6) is 0.396. The van der Waals surface area contributed by atoms with Crippen molar-refractivity contribution in [2.45, 2.75) is 51.4 Å². The molecule has 1 saturated heterocycles. The summed E-state index contributed by atoms with van der Waals surface area (Å²) in [5.41, 5.74) is 1.10. The Morgan fingerprint density at radius 3 is 2.58 bits per heavy atom. The lowest BCUT2D eigenvalue weighted by molar-refractivity contribution is -0.114. The highest BCUT2D eigenvalue weighted by molar-refractivity contribution is 5.97. The summed E-state index contributed by atoms with van der Waals surface area (Å²) in [6, 6.07) is 0. The summed E-state index contributed by atoms with van der Waals surface area (Å²) in [4.78, 5) is 13.9. The molecule has 0 aromatic heterocycles. The maximum atomic E-state index is 11.4. The van der Waals surface area contributed by atoms with Gasteiger partial charge < -0.3 is 4.74 Å². The lowest BCUT2D eigenvalue weighted by Crippen LogP contribution is -2.36. The average Bonchev–Trinajstić information content (AvgIpc) is 2.84. The van der Waals surface area contributed by atoms with Gasteiger partial charge in [-0.25, -0.2) is 0 Å². The number of Topliss-reactive ketones (excluding diaryl/α,β-unsaturated/α-hetero) is 1. The molecule has 2 rings (SSSR count). The van der Waals surface area contributed by atoms with Crippen LogP contribution in [0.25, 0.3) is 0 Å². The molecule has 1 saturated carbocycles. The van der Waals surface area contributed by atoms with Gasteiger partial charge in [0.25, 0.3) is 0 Å². The van der Waals surface area contributed by atoms with Gasteiger partial charge in [0.1, 0.15) is 0 Å². The van der Waals surface area contributed by atoms with Crippen LogP contribution in [0.1, 0.15) is 51.4 Å². The van der Waals surface area contributed by atoms with Crippen LogP contribution in [0, 0.1) is 0 Å². The van der Waals surface area contributed by atoms with Crippen molar-refractivity contribution >= 4 is 5.78 Å². The normalized spacial score (nSPS) is 23.4. The van der Waals surface area contributed by atoms with Crippen molar-refractivity contribution in [1.82, 2.24) is 4.90 Å². The van der Waals surface area contributed by atoms with Gasteiger partial charge >= 0.3 is 0 Å². The van der Waals surface area contributed by atoms with Crippen molar-refractivity contribution in [3.05, 3.63) is 11.6 Å². The molecule has 0 radical (unpaired) electrons. The van der Waals surface area contributed by atoms with Crippen LogP contribution in [-0.4, -0.2) is 43.5 Å². The van der Waals surface area contributed by atoms with E-state index in [1.807, 2.05) is 0 Å². The Morgan fingerprint density at radius 1 is 1.05 bits per heavy atom. The Morgan fingerprint density at radius 2 is 1.84 bits per heavy atom. The number of carbonyl (C=O) groups is 1. The molecule has 108 valence electrons. The van der Waals surface area contributed by atoms with E-state index in [1.54, 1.807) is 0 Å². The third-order valence-corrected chi connectivity index (χ3v) is 4.13. The van der Waals surface area contributed by atoms with Gasteiger partial charge in [0.2, 0.25) is 0 Å². The highest BCUT2D eigenvalue weighted by Crippen LogP contribution is 2.21. The summed E-state index contributed by atoms with van der Waals surface area (Å²) >= 11 is 0. The molecule has 2 aliphatic rings. The monoisotopic (exact) mass is 265 g/mol. The number of carbonyl (C=O) groups excluding carboxylic acids is 1. The summed E-state index contributed by atoms with van der Waals surface area (Å²) in [7, 11) is 0. The van der Waals surface area contributed by atoms with E-state index in [0.29, 0.717) is 5.78 Å². The number of allylic oxidation sites excluding steroid dienone is 2. The van der Waals surface area contributed by atoms with E-state index in [-0.39, 0.29) is 0 Å². The largest absolute Gasteiger partial charge is 0.379 e. The Kier molecular flexibility index (Phi) is 6.58. The van der Waals surface area contributed by atoms with Crippen LogP contribution in [0.3, 0.4) is 0 Å². The minimum atomic E-state index is 0.396. The fourth-order valence-electron chi connectivity index (χ4n) is 2.89. The first-order valence-corrected chi connectivity index (χ1v) is 7.88. The van der Waals surface area contributed by atoms with E-state index in [1.165, 1.54) is 32.2 Å². The van der Waals surface area contributed by atoms with Gasteiger partial charge in [0.05, 0.1) is 13.2 Å². The molecule has 19 heavy (non-hydrogen) atoms. The van der Waals surface area contributed by atoms with Crippen molar-refractivity contribution in [3.8, 4) is 0 Å². The third kappa shape index (κ3) is 5.45. The first-order valence-electron chi connectivity index (χ1n) is 7.88. The van der Waals surface area contributed by atoms with E-state index in [4.69, 9.17) is 4.74 Å². The molecule has 1 aliphatic carbocycles. The molecule has 0 atom stereocenters. The minimum Gasteiger partial charge on any atom is -0.379 e. The van der Waals surface area contributed by atoms with E-state index >= 15 is 0 Å². The molecule has 0 spiro atoms. The standard InChI is InChI=1S/C16H27NO2/c18-16-9-6-8-15(16)7-4-2-1-3-5-10-17-11-13-19-14-12-17/h7H,1-6,8-14H2. The van der Waals surface area contributed by atoms with E-state index in [2.05, 4.69) is 11.0 Å². The average molecular weight is 265 g/mol. The molecular weight excluding hydrogens is 238 g/mol. The molecule has 2 fully saturated rings. The highest BCUT2D eigenvalue weighted by atomic mass is 16.5. The van der Waals surface area contributed by atoms with Crippen LogP contribution < -0.4 is 0 Å². The molecule has 1 aliphatic heterocycles. The molecular formula is C16H27NO2. The topological polar surface area (TPSA) is 29.5 Å². The Labute approximate surface area is 117 Å². The van der Waals surface area contributed by atoms with Gasteiger partial charge in [-0.3, -0.25) is 9.69 Å². The lowest BCUT2D eigenvalue weighted by atomic mass is 10.1. The first-order chi connectivity index (χ1) is 9.36. The van der Waals surface area contributed by atoms with Gasteiger partial charge in [0.15, 0.2) is 5.78 Å². The smallest absolute Gasteiger partial charge is 0.158 e. The Hall–Kier alpha value is -0.670. The fourth-order valence-corrected chi connectivity index (χ4v) is 2.89. The van der Waals surface area contributed by atoms with Gasteiger partial charge in [-0.2, -0.15) is 0 Å². The second-order valence-electron chi connectivity index (χ2n) is 5.66. The molecule has 0 aromatic carbocycles. The maximum absolute atomic E-state index is 11.4. The summed E-state index contributed by atoms with van der Waals surface area (Å²) in [6.45, 7) is 5.24. The summed E-state index contributed by atoms with van der Waals surface area (Å²) < 4.78 is 5.34. The van der Waals surface area contributed by atoms with E-state index in [0.717, 1.165) is 57.6 Å². The predicted molar refractivity (Wildman–Crippen MR) is 77.3 cm³/mol. The van der Waals surface area contributed by atoms with Crippen LogP contribution in [-0.2, 0) is 9.53 Å². The molecule has 0 unspecified atom stereocenters. The van der Waals surface area contributed by atoms with Crippen LogP contribution in [0.4, 0.5) is 0 Å². The maximum Gasteiger partial charge on any atom is 0.158 e. The molecule has 0 N–H and O–H groups in total. The minimum absolute atomic E-state index is 0.396. The number of hydrogen-bond donors (Lipinski definition) is 0. The number of ether oxygens (including phenoxy) is 1. The van der Waals surface area contributed by atoms with Crippen molar-refractivity contribution in [2.75, 3.05) is 32.8 Å². The van der Waals surface area contributed by atoms with Crippen molar-refractivity contribution in [2.24, 2.45) is 0 Å². The molecule has 3 nitrogen and oxygen atoms in total. The lowest BCUT2D eigenvalue weighted by Gasteiger charge is -2.26. The highest BCUT2D eigenvalue weighted by Gasteiger charge is 2.15. The molecule has 0 bridgehead atoms. The van der Waals surface area contributed by atoms with E-state index < -0.39 is 0 Å². The zero-order valence-electron chi connectivity index (χ0n) is 12.0. The van der Waals surface area contributed by atoms with Gasteiger partial charge in [-0.05, 0) is 44.2 Å². The van der Waals surface area contributed by atoms with Crippen LogP contribution in [0.15, 0.2) is 11.6 Å². The van der Waals surface area contributed by atoms with Gasteiger partial charge in [-0.1, -0.05) is 18.9 Å². The zero-order chi connectivity index (χ0) is 13.3. The number of rotatable bonds is 7. The molecule has 0 aromatic rings. The van der Waals surface area contributed by atoms with Crippen LogP contribution in [0.2, 0.25) is 0 Å². The number of nitrogens with zero attached hydrogens (tertiary/aromatic N) is 1. The van der Waals surface area contributed by atoms with Gasteiger partial charge in [0, 0.05) is 19.5 Å². The van der Waals surface area contributed by atoms with Gasteiger partial charge in [-0.15, -0.1) is 0 Å². The summed E-state index contributed by atoms with van der Waals surface area (Å²) in [6.07, 6.45) is 11.3. The number of morpholine rings is 1. The first kappa shape index (κ1) is 14.7. The molecule has 0 amide bonds. The Balaban J connectivity index is 1.45. The SMILES string of the molecule is O=C1CCCC1=CCCCCCCN1CCOCC1. The van der Waals surface area contributed by atoms with Crippen molar-refractivity contribution in [1.29, 1.82) is 0 Å². The third-order valence-electron chi connectivity index (χ3n) is 4.13. The Bertz CT molecular complexity index is 306. The summed E-state index contributed by atoms with van der Waals surface area (Å²) in [5, 5.41) is 0. The van der Waals surface area contributed by atoms with E-state index in [9.17, 15) is 4.79 Å². The second kappa shape index (κ2) is 8.49. The van der Waals surface area contributed by atoms with Crippen LogP contribution in [0.5, 0.6) is 0 Å². The number of unbranched alkanes of at least 4 members (excludes halogenated alkanes) is 4. The predicted octanol–water partition coefficient (Wildman–Crippen LogP) is 2.95. The van der Waals surface area contributed by atoms with Crippen molar-refractivity contribution < 1.29 is 9.53 Å². The second-order valence-corrected chi connectivity index (χ2v) is 5.66. The molecule has 1 heterocycles. The zero-order valence-corrected chi connectivity index (χ0v) is 12.0. The number of hydrogen-bond acceptors (Lipinski definition) is 3. The van der Waals surface area contributed by atoms with Crippen molar-refractivity contribution in [3.63, 3.8) is 0 Å². The number of ketones is 1.